The lowest BCUT2D eigenvalue weighted by atomic mass is 10.1. The Labute approximate surface area is 140 Å². The SMILES string of the molecule is C[C@@H](NC(=O)NNC(=O)c1cc(Br)c[nH]1)c1ccccc1Cl. The first-order chi connectivity index (χ1) is 10.5. The van der Waals surface area contributed by atoms with Gasteiger partial charge in [-0.25, -0.2) is 10.2 Å². The molecule has 3 amide bonds. The van der Waals surface area contributed by atoms with Crippen LogP contribution in [-0.4, -0.2) is 16.9 Å². The van der Waals surface area contributed by atoms with E-state index in [1.165, 1.54) is 0 Å². The molecule has 0 unspecified atom stereocenters. The Kier molecular flexibility index (Phi) is 5.46. The van der Waals surface area contributed by atoms with Crippen LogP contribution in [0.5, 0.6) is 0 Å². The molecule has 0 radical (unpaired) electrons. The van der Waals surface area contributed by atoms with Crippen molar-refractivity contribution in [2.75, 3.05) is 0 Å². The van der Waals surface area contributed by atoms with Gasteiger partial charge in [0.1, 0.15) is 5.69 Å². The third-order valence-corrected chi connectivity index (χ3v) is 3.70. The van der Waals surface area contributed by atoms with Gasteiger partial charge in [-0.15, -0.1) is 0 Å². The first-order valence-electron chi connectivity index (χ1n) is 6.42. The van der Waals surface area contributed by atoms with E-state index in [1.807, 2.05) is 18.2 Å². The molecule has 22 heavy (non-hydrogen) atoms. The van der Waals surface area contributed by atoms with Crippen molar-refractivity contribution in [3.63, 3.8) is 0 Å². The third-order valence-electron chi connectivity index (χ3n) is 2.90. The van der Waals surface area contributed by atoms with E-state index in [-0.39, 0.29) is 6.04 Å². The summed E-state index contributed by atoms with van der Waals surface area (Å²) in [6, 6.07) is 7.98. The molecule has 0 aliphatic heterocycles. The number of benzene rings is 1. The second kappa shape index (κ2) is 7.33. The predicted octanol–water partition coefficient (Wildman–Crippen LogP) is 3.14. The zero-order chi connectivity index (χ0) is 16.1. The van der Waals surface area contributed by atoms with E-state index >= 15 is 0 Å². The van der Waals surface area contributed by atoms with E-state index in [0.717, 1.165) is 10.0 Å². The molecule has 2 aromatic rings. The van der Waals surface area contributed by atoms with Gasteiger partial charge in [-0.2, -0.15) is 0 Å². The standard InChI is InChI=1S/C14H14BrClN4O2/c1-8(10-4-2-3-5-11(10)16)18-14(22)20-19-13(21)12-6-9(15)7-17-12/h2-8,17H,1H3,(H,19,21)(H2,18,20,22)/t8-/m1/s1. The van der Waals surface area contributed by atoms with Gasteiger partial charge >= 0.3 is 6.03 Å². The number of nitrogens with one attached hydrogen (secondary N) is 4. The highest BCUT2D eigenvalue weighted by Gasteiger charge is 2.13. The molecule has 0 fully saturated rings. The monoisotopic (exact) mass is 384 g/mol. The van der Waals surface area contributed by atoms with Crippen molar-refractivity contribution in [3.8, 4) is 0 Å². The molecule has 0 saturated carbocycles. The van der Waals surface area contributed by atoms with E-state index in [9.17, 15) is 9.59 Å². The van der Waals surface area contributed by atoms with Gasteiger partial charge in [-0.1, -0.05) is 29.8 Å². The number of hydrogen-bond donors (Lipinski definition) is 4. The molecule has 0 aliphatic carbocycles. The van der Waals surface area contributed by atoms with Crippen molar-refractivity contribution < 1.29 is 9.59 Å². The van der Waals surface area contributed by atoms with Crippen LogP contribution in [0.15, 0.2) is 41.0 Å². The van der Waals surface area contributed by atoms with Crippen molar-refractivity contribution in [3.05, 3.63) is 57.3 Å². The van der Waals surface area contributed by atoms with Crippen LogP contribution in [0.25, 0.3) is 0 Å². The lowest BCUT2D eigenvalue weighted by Crippen LogP contribution is -2.47. The van der Waals surface area contributed by atoms with Gasteiger partial charge < -0.3 is 10.3 Å². The van der Waals surface area contributed by atoms with Crippen LogP contribution in [0.4, 0.5) is 4.79 Å². The van der Waals surface area contributed by atoms with Crippen LogP contribution in [0.3, 0.4) is 0 Å². The second-order valence-corrected chi connectivity index (χ2v) is 5.85. The Morgan fingerprint density at radius 1 is 1.27 bits per heavy atom. The molecule has 0 spiro atoms. The molecule has 1 atom stereocenters. The molecule has 6 nitrogen and oxygen atoms in total. The van der Waals surface area contributed by atoms with Crippen molar-refractivity contribution >= 4 is 39.5 Å². The molecule has 0 aliphatic rings. The largest absolute Gasteiger partial charge is 0.356 e. The smallest absolute Gasteiger partial charge is 0.333 e. The van der Waals surface area contributed by atoms with Crippen LogP contribution in [0.2, 0.25) is 5.02 Å². The van der Waals surface area contributed by atoms with E-state index in [2.05, 4.69) is 37.1 Å². The number of H-pyrrole nitrogens is 1. The Morgan fingerprint density at radius 2 is 2.00 bits per heavy atom. The highest BCUT2D eigenvalue weighted by Crippen LogP contribution is 2.21. The summed E-state index contributed by atoms with van der Waals surface area (Å²) in [7, 11) is 0. The minimum absolute atomic E-state index is 0.301. The fraction of sp³-hybridized carbons (Fsp3) is 0.143. The summed E-state index contributed by atoms with van der Waals surface area (Å²) in [4.78, 5) is 26.3. The number of rotatable bonds is 3. The summed E-state index contributed by atoms with van der Waals surface area (Å²) in [6.45, 7) is 1.80. The molecule has 0 bridgehead atoms. The number of urea groups is 1. The van der Waals surface area contributed by atoms with Crippen molar-refractivity contribution in [2.45, 2.75) is 13.0 Å². The molecule has 2 rings (SSSR count). The third kappa shape index (κ3) is 4.25. The average molecular weight is 386 g/mol. The quantitative estimate of drug-likeness (QED) is 0.612. The Morgan fingerprint density at radius 3 is 2.64 bits per heavy atom. The Hall–Kier alpha value is -1.99. The lowest BCUT2D eigenvalue weighted by Gasteiger charge is -2.16. The zero-order valence-corrected chi connectivity index (χ0v) is 14.0. The molecular formula is C14H14BrClN4O2. The summed E-state index contributed by atoms with van der Waals surface area (Å²) >= 11 is 9.28. The maximum atomic E-state index is 11.8. The van der Waals surface area contributed by atoms with Gasteiger partial charge in [0, 0.05) is 15.7 Å². The number of carbonyl (C=O) groups is 2. The summed E-state index contributed by atoms with van der Waals surface area (Å²) in [5, 5.41) is 3.25. The number of hydrazine groups is 1. The van der Waals surface area contributed by atoms with Gasteiger partial charge in [0.15, 0.2) is 0 Å². The summed E-state index contributed by atoms with van der Waals surface area (Å²) < 4.78 is 0.745. The maximum Gasteiger partial charge on any atom is 0.333 e. The van der Waals surface area contributed by atoms with E-state index in [1.54, 1.807) is 25.3 Å². The second-order valence-electron chi connectivity index (χ2n) is 4.53. The first kappa shape index (κ1) is 16.4. The number of hydrogen-bond acceptors (Lipinski definition) is 2. The minimum Gasteiger partial charge on any atom is -0.356 e. The number of aromatic amines is 1. The number of carbonyl (C=O) groups excluding carboxylic acids is 2. The highest BCUT2D eigenvalue weighted by molar-refractivity contribution is 9.10. The van der Waals surface area contributed by atoms with Crippen LogP contribution in [0, 0.1) is 0 Å². The van der Waals surface area contributed by atoms with Crippen LogP contribution in [0.1, 0.15) is 29.0 Å². The normalized spacial score (nSPS) is 11.6. The molecule has 4 N–H and O–H groups in total. The van der Waals surface area contributed by atoms with Gasteiger partial charge in [0.2, 0.25) is 0 Å². The summed E-state index contributed by atoms with van der Waals surface area (Å²) in [5.41, 5.74) is 5.70. The molecule has 1 aromatic carbocycles. The summed E-state index contributed by atoms with van der Waals surface area (Å²) in [5.74, 6) is -0.453. The van der Waals surface area contributed by atoms with Crippen LogP contribution in [-0.2, 0) is 0 Å². The van der Waals surface area contributed by atoms with Crippen LogP contribution >= 0.6 is 27.5 Å². The first-order valence-corrected chi connectivity index (χ1v) is 7.59. The molecule has 116 valence electrons. The fourth-order valence-corrected chi connectivity index (χ4v) is 2.46. The molecular weight excluding hydrogens is 372 g/mol. The zero-order valence-electron chi connectivity index (χ0n) is 11.6. The molecule has 0 saturated heterocycles. The minimum atomic E-state index is -0.536. The Balaban J connectivity index is 1.85. The van der Waals surface area contributed by atoms with Gasteiger partial charge in [0.05, 0.1) is 6.04 Å². The fourth-order valence-electron chi connectivity index (χ4n) is 1.82. The maximum absolute atomic E-state index is 11.8. The molecule has 1 aromatic heterocycles. The average Bonchev–Trinajstić information content (AvgIpc) is 2.91. The van der Waals surface area contributed by atoms with Crippen LogP contribution < -0.4 is 16.2 Å². The van der Waals surface area contributed by atoms with E-state index < -0.39 is 11.9 Å². The van der Waals surface area contributed by atoms with Gasteiger partial charge in [-0.3, -0.25) is 10.2 Å². The summed E-state index contributed by atoms with van der Waals surface area (Å²) in [6.07, 6.45) is 1.62. The number of halogens is 2. The topological polar surface area (TPSA) is 86.0 Å². The van der Waals surface area contributed by atoms with Crippen molar-refractivity contribution in [1.82, 2.24) is 21.2 Å². The number of amides is 3. The van der Waals surface area contributed by atoms with Crippen molar-refractivity contribution in [2.24, 2.45) is 0 Å². The van der Waals surface area contributed by atoms with E-state index in [0.29, 0.717) is 10.7 Å². The predicted molar refractivity (Wildman–Crippen MR) is 87.5 cm³/mol. The molecule has 8 heteroatoms. The van der Waals surface area contributed by atoms with E-state index in [4.69, 9.17) is 11.6 Å². The van der Waals surface area contributed by atoms with Gasteiger partial charge in [-0.05, 0) is 40.5 Å². The van der Waals surface area contributed by atoms with Gasteiger partial charge in [0.25, 0.3) is 5.91 Å². The number of aromatic nitrogens is 1. The molecule has 1 heterocycles. The Bertz CT molecular complexity index is 689. The lowest BCUT2D eigenvalue weighted by molar-refractivity contribution is 0.0931. The highest BCUT2D eigenvalue weighted by atomic mass is 79.9. The van der Waals surface area contributed by atoms with Crippen molar-refractivity contribution in [1.29, 1.82) is 0 Å².